The van der Waals surface area contributed by atoms with Crippen LogP contribution >= 0.6 is 11.3 Å². The van der Waals surface area contributed by atoms with Gasteiger partial charge in [-0.1, -0.05) is 60.7 Å². The van der Waals surface area contributed by atoms with Crippen LogP contribution in [0.15, 0.2) is 72.1 Å². The van der Waals surface area contributed by atoms with Gasteiger partial charge in [0.15, 0.2) is 0 Å². The zero-order valence-electron chi connectivity index (χ0n) is 14.1. The molecule has 1 heterocycles. The molecule has 3 aromatic rings. The molecule has 0 aliphatic heterocycles. The first-order chi connectivity index (χ1) is 12.0. The average Bonchev–Trinajstić information content (AvgIpc) is 3.14. The number of hydrogen-bond donors (Lipinski definition) is 2. The molecule has 25 heavy (non-hydrogen) atoms. The van der Waals surface area contributed by atoms with E-state index in [1.54, 1.807) is 18.3 Å². The zero-order valence-corrected chi connectivity index (χ0v) is 14.9. The fourth-order valence-corrected chi connectivity index (χ4v) is 3.36. The van der Waals surface area contributed by atoms with Crippen LogP contribution in [-0.4, -0.2) is 17.6 Å². The molecule has 1 atom stereocenters. The van der Waals surface area contributed by atoms with Gasteiger partial charge in [0.2, 0.25) is 5.91 Å². The van der Waals surface area contributed by atoms with Crippen molar-refractivity contribution in [2.24, 2.45) is 0 Å². The van der Waals surface area contributed by atoms with E-state index in [1.165, 1.54) is 0 Å². The molecule has 1 aromatic heterocycles. The summed E-state index contributed by atoms with van der Waals surface area (Å²) < 4.78 is 0. The lowest BCUT2D eigenvalue weighted by Gasteiger charge is -2.24. The highest BCUT2D eigenvalue weighted by Gasteiger charge is 2.23. The molecule has 1 unspecified atom stereocenters. The lowest BCUT2D eigenvalue weighted by atomic mass is 9.93. The molecule has 0 bridgehead atoms. The number of carbonyl (C=O) groups excluding carboxylic acids is 1. The minimum atomic E-state index is -1.11. The van der Waals surface area contributed by atoms with E-state index in [0.29, 0.717) is 6.42 Å². The Hall–Kier alpha value is -2.43. The number of nitrogens with one attached hydrogen (secondary N) is 1. The molecule has 0 radical (unpaired) electrons. The van der Waals surface area contributed by atoms with Gasteiger partial charge >= 0.3 is 0 Å². The third kappa shape index (κ3) is 4.56. The Labute approximate surface area is 152 Å². The van der Waals surface area contributed by atoms with Crippen molar-refractivity contribution >= 4 is 17.2 Å². The van der Waals surface area contributed by atoms with E-state index in [9.17, 15) is 9.90 Å². The van der Waals surface area contributed by atoms with Crippen molar-refractivity contribution in [1.82, 2.24) is 5.32 Å². The van der Waals surface area contributed by atoms with Gasteiger partial charge in [0.1, 0.15) is 5.60 Å². The molecule has 4 heteroatoms. The quantitative estimate of drug-likeness (QED) is 0.706. The standard InChI is InChI=1S/C21H21NO2S/c1-21(24,15-22-20(23)14-19-8-5-13-25-19)18-11-9-17(10-12-18)16-6-3-2-4-7-16/h2-13,24H,14-15H2,1H3,(H,22,23). The SMILES string of the molecule is CC(O)(CNC(=O)Cc1cccs1)c1ccc(-c2ccccc2)cc1. The first-order valence-electron chi connectivity index (χ1n) is 8.22. The molecule has 0 spiro atoms. The summed E-state index contributed by atoms with van der Waals surface area (Å²) in [5, 5.41) is 15.5. The molecular weight excluding hydrogens is 330 g/mol. The van der Waals surface area contributed by atoms with Gasteiger partial charge in [-0.05, 0) is 35.1 Å². The Morgan fingerprint density at radius 2 is 1.68 bits per heavy atom. The van der Waals surface area contributed by atoms with Crippen LogP contribution in [0.1, 0.15) is 17.4 Å². The first-order valence-corrected chi connectivity index (χ1v) is 9.10. The van der Waals surface area contributed by atoms with E-state index in [1.807, 2.05) is 60.0 Å². The van der Waals surface area contributed by atoms with Gasteiger partial charge in [0.25, 0.3) is 0 Å². The van der Waals surface area contributed by atoms with Crippen LogP contribution in [0.5, 0.6) is 0 Å². The van der Waals surface area contributed by atoms with Crippen molar-refractivity contribution in [3.05, 3.63) is 82.6 Å². The minimum Gasteiger partial charge on any atom is -0.384 e. The van der Waals surface area contributed by atoms with E-state index < -0.39 is 5.60 Å². The fraction of sp³-hybridized carbons (Fsp3) is 0.190. The molecular formula is C21H21NO2S. The summed E-state index contributed by atoms with van der Waals surface area (Å²) in [4.78, 5) is 13.0. The van der Waals surface area contributed by atoms with E-state index >= 15 is 0 Å². The van der Waals surface area contributed by atoms with Gasteiger partial charge in [-0.3, -0.25) is 4.79 Å². The lowest BCUT2D eigenvalue weighted by molar-refractivity contribution is -0.121. The molecule has 0 fully saturated rings. The Morgan fingerprint density at radius 1 is 1.00 bits per heavy atom. The number of aliphatic hydroxyl groups is 1. The van der Waals surface area contributed by atoms with Crippen molar-refractivity contribution < 1.29 is 9.90 Å². The maximum Gasteiger partial charge on any atom is 0.225 e. The third-order valence-electron chi connectivity index (χ3n) is 4.16. The van der Waals surface area contributed by atoms with Crippen LogP contribution in [0.2, 0.25) is 0 Å². The van der Waals surface area contributed by atoms with Crippen LogP contribution in [0.25, 0.3) is 11.1 Å². The molecule has 0 saturated carbocycles. The van der Waals surface area contributed by atoms with Crippen LogP contribution in [0.3, 0.4) is 0 Å². The van der Waals surface area contributed by atoms with Crippen molar-refractivity contribution in [2.45, 2.75) is 18.9 Å². The number of benzene rings is 2. The molecule has 3 nitrogen and oxygen atoms in total. The van der Waals surface area contributed by atoms with E-state index in [-0.39, 0.29) is 12.5 Å². The van der Waals surface area contributed by atoms with E-state index in [2.05, 4.69) is 17.4 Å². The van der Waals surface area contributed by atoms with Gasteiger partial charge in [-0.25, -0.2) is 0 Å². The lowest BCUT2D eigenvalue weighted by Crippen LogP contribution is -2.39. The molecule has 0 aliphatic carbocycles. The number of thiophene rings is 1. The monoisotopic (exact) mass is 351 g/mol. The van der Waals surface area contributed by atoms with Crippen LogP contribution < -0.4 is 5.32 Å². The second kappa shape index (κ2) is 7.64. The number of rotatable bonds is 6. The Bertz CT molecular complexity index is 809. The number of amides is 1. The minimum absolute atomic E-state index is 0.0800. The molecule has 0 saturated heterocycles. The Kier molecular flexibility index (Phi) is 5.31. The topological polar surface area (TPSA) is 49.3 Å². The molecule has 2 aromatic carbocycles. The third-order valence-corrected chi connectivity index (χ3v) is 5.03. The second-order valence-electron chi connectivity index (χ2n) is 6.25. The van der Waals surface area contributed by atoms with Gasteiger partial charge in [0.05, 0.1) is 13.0 Å². The summed E-state index contributed by atoms with van der Waals surface area (Å²) in [5.41, 5.74) is 1.91. The second-order valence-corrected chi connectivity index (χ2v) is 7.28. The largest absolute Gasteiger partial charge is 0.384 e. The maximum absolute atomic E-state index is 12.0. The molecule has 0 aliphatic rings. The predicted octanol–water partition coefficient (Wildman–Crippen LogP) is 3.98. The van der Waals surface area contributed by atoms with Crippen LogP contribution in [0.4, 0.5) is 0 Å². The average molecular weight is 351 g/mol. The van der Waals surface area contributed by atoms with Crippen molar-refractivity contribution in [3.8, 4) is 11.1 Å². The summed E-state index contributed by atoms with van der Waals surface area (Å²) in [6.07, 6.45) is 0.348. The predicted molar refractivity (Wildman–Crippen MR) is 102 cm³/mol. The van der Waals surface area contributed by atoms with Crippen molar-refractivity contribution in [2.75, 3.05) is 6.54 Å². The smallest absolute Gasteiger partial charge is 0.225 e. The fourth-order valence-electron chi connectivity index (χ4n) is 2.66. The summed E-state index contributed by atoms with van der Waals surface area (Å²) >= 11 is 1.56. The van der Waals surface area contributed by atoms with Gasteiger partial charge in [-0.15, -0.1) is 11.3 Å². The molecule has 2 N–H and O–H groups in total. The summed E-state index contributed by atoms with van der Waals surface area (Å²) in [6.45, 7) is 1.90. The van der Waals surface area contributed by atoms with Crippen LogP contribution in [0, 0.1) is 0 Å². The molecule has 3 rings (SSSR count). The van der Waals surface area contributed by atoms with Gasteiger partial charge in [-0.2, -0.15) is 0 Å². The highest BCUT2D eigenvalue weighted by Crippen LogP contribution is 2.24. The molecule has 128 valence electrons. The van der Waals surface area contributed by atoms with Gasteiger partial charge in [0, 0.05) is 4.88 Å². The highest BCUT2D eigenvalue weighted by molar-refractivity contribution is 7.10. The summed E-state index contributed by atoms with van der Waals surface area (Å²) in [6, 6.07) is 21.8. The summed E-state index contributed by atoms with van der Waals surface area (Å²) in [5.74, 6) is -0.0800. The van der Waals surface area contributed by atoms with Crippen molar-refractivity contribution in [1.29, 1.82) is 0 Å². The number of carbonyl (C=O) groups is 1. The van der Waals surface area contributed by atoms with E-state index in [4.69, 9.17) is 0 Å². The molecule has 1 amide bonds. The normalized spacial score (nSPS) is 13.2. The Balaban J connectivity index is 1.62. The number of hydrogen-bond acceptors (Lipinski definition) is 3. The first kappa shape index (κ1) is 17.4. The Morgan fingerprint density at radius 3 is 2.32 bits per heavy atom. The van der Waals surface area contributed by atoms with Crippen LogP contribution in [-0.2, 0) is 16.8 Å². The zero-order chi connectivity index (χ0) is 17.7. The maximum atomic E-state index is 12.0. The highest BCUT2D eigenvalue weighted by atomic mass is 32.1. The van der Waals surface area contributed by atoms with Gasteiger partial charge < -0.3 is 10.4 Å². The van der Waals surface area contributed by atoms with E-state index in [0.717, 1.165) is 21.6 Å². The van der Waals surface area contributed by atoms with Crippen molar-refractivity contribution in [3.63, 3.8) is 0 Å². The summed E-state index contributed by atoms with van der Waals surface area (Å²) in [7, 11) is 0.